The third-order valence-electron chi connectivity index (χ3n) is 5.38. The summed E-state index contributed by atoms with van der Waals surface area (Å²) < 4.78 is 10.6. The zero-order valence-electron chi connectivity index (χ0n) is 16.4. The molecular formula is C22H25ClN2O4. The second-order valence-corrected chi connectivity index (χ2v) is 7.69. The minimum Gasteiger partial charge on any atom is -0.493 e. The van der Waals surface area contributed by atoms with Crippen LogP contribution in [-0.4, -0.2) is 32.1 Å². The largest absolute Gasteiger partial charge is 0.493 e. The van der Waals surface area contributed by atoms with E-state index in [2.05, 4.69) is 17.4 Å². The first kappa shape index (κ1) is 21.0. The zero-order valence-corrected chi connectivity index (χ0v) is 17.1. The van der Waals surface area contributed by atoms with Crippen LogP contribution in [-0.2, 0) is 10.2 Å². The molecule has 0 saturated heterocycles. The fourth-order valence-electron chi connectivity index (χ4n) is 3.90. The Hall–Kier alpha value is -2.73. The molecule has 154 valence electrons. The Bertz CT molecular complexity index is 880. The molecule has 0 bridgehead atoms. The number of rotatable bonds is 8. The number of benzene rings is 2. The van der Waals surface area contributed by atoms with Crippen LogP contribution in [0, 0.1) is 0 Å². The molecule has 6 nitrogen and oxygen atoms in total. The molecule has 1 saturated carbocycles. The van der Waals surface area contributed by atoms with Gasteiger partial charge in [-0.3, -0.25) is 9.59 Å². The second kappa shape index (κ2) is 9.18. The topological polar surface area (TPSA) is 90.7 Å². The molecule has 7 heteroatoms. The minimum atomic E-state index is -0.632. The van der Waals surface area contributed by atoms with Crippen LogP contribution in [0.3, 0.4) is 0 Å². The summed E-state index contributed by atoms with van der Waals surface area (Å²) in [6.45, 7) is 0.219. The Balaban J connectivity index is 1.76. The number of amides is 2. The van der Waals surface area contributed by atoms with E-state index in [1.165, 1.54) is 18.7 Å². The predicted molar refractivity (Wildman–Crippen MR) is 112 cm³/mol. The number of nitrogens with two attached hydrogens (primary N) is 1. The Kier molecular flexibility index (Phi) is 6.64. The van der Waals surface area contributed by atoms with Gasteiger partial charge in [-0.05, 0) is 30.5 Å². The lowest BCUT2D eigenvalue weighted by Crippen LogP contribution is -2.39. The van der Waals surface area contributed by atoms with Gasteiger partial charge in [0.05, 0.1) is 12.1 Å². The summed E-state index contributed by atoms with van der Waals surface area (Å²) in [6.07, 6.45) is 4.38. The van der Waals surface area contributed by atoms with E-state index in [1.807, 2.05) is 18.2 Å². The van der Waals surface area contributed by atoms with Crippen molar-refractivity contribution < 1.29 is 19.1 Å². The molecule has 0 spiro atoms. The van der Waals surface area contributed by atoms with E-state index >= 15 is 0 Å². The fraction of sp³-hybridized carbons (Fsp3) is 0.364. The van der Waals surface area contributed by atoms with Gasteiger partial charge in [0.25, 0.3) is 11.8 Å². The van der Waals surface area contributed by atoms with Gasteiger partial charge < -0.3 is 20.5 Å². The van der Waals surface area contributed by atoms with Crippen molar-refractivity contribution in [3.05, 3.63) is 58.6 Å². The number of nitrogens with one attached hydrogen (secondary N) is 1. The van der Waals surface area contributed by atoms with Crippen molar-refractivity contribution >= 4 is 23.4 Å². The van der Waals surface area contributed by atoms with Crippen LogP contribution in [0.5, 0.6) is 11.5 Å². The molecule has 0 unspecified atom stereocenters. The molecule has 3 rings (SSSR count). The van der Waals surface area contributed by atoms with E-state index in [0.717, 1.165) is 25.7 Å². The quantitative estimate of drug-likeness (QED) is 0.689. The van der Waals surface area contributed by atoms with Crippen LogP contribution in [0.25, 0.3) is 0 Å². The Morgan fingerprint density at radius 2 is 1.86 bits per heavy atom. The molecule has 1 aliphatic carbocycles. The normalized spacial score (nSPS) is 15.0. The highest BCUT2D eigenvalue weighted by atomic mass is 35.5. The van der Waals surface area contributed by atoms with Crippen molar-refractivity contribution in [3.63, 3.8) is 0 Å². The molecule has 1 fully saturated rings. The molecule has 0 aromatic heterocycles. The minimum absolute atomic E-state index is 0.0463. The molecule has 29 heavy (non-hydrogen) atoms. The number of hydrogen-bond donors (Lipinski definition) is 2. The van der Waals surface area contributed by atoms with Crippen molar-refractivity contribution in [2.24, 2.45) is 5.73 Å². The zero-order chi connectivity index (χ0) is 20.9. The maximum Gasteiger partial charge on any atom is 0.255 e. The van der Waals surface area contributed by atoms with Gasteiger partial charge in [-0.15, -0.1) is 0 Å². The molecule has 2 amide bonds. The maximum atomic E-state index is 12.8. The van der Waals surface area contributed by atoms with Gasteiger partial charge >= 0.3 is 0 Å². The first-order valence-electron chi connectivity index (χ1n) is 9.57. The number of hydrogen-bond acceptors (Lipinski definition) is 4. The van der Waals surface area contributed by atoms with Gasteiger partial charge in [0, 0.05) is 17.5 Å². The maximum absolute atomic E-state index is 12.8. The molecular weight excluding hydrogens is 392 g/mol. The molecule has 0 radical (unpaired) electrons. The van der Waals surface area contributed by atoms with Crippen LogP contribution in [0.15, 0.2) is 42.5 Å². The van der Waals surface area contributed by atoms with Crippen molar-refractivity contribution in [1.82, 2.24) is 5.32 Å². The van der Waals surface area contributed by atoms with Crippen LogP contribution >= 0.6 is 11.6 Å². The molecule has 2 aromatic carbocycles. The first-order chi connectivity index (χ1) is 13.9. The molecule has 0 atom stereocenters. The molecule has 0 aliphatic heterocycles. The molecule has 1 aliphatic rings. The standard InChI is InChI=1S/C22H25ClN2O4/c1-28-18-12-15(11-17(23)20(18)29-13-19(24)26)21(27)25-14-22(9-5-6-10-22)16-7-3-2-4-8-16/h2-4,7-8,11-12H,5-6,9-10,13-14H2,1H3,(H2,24,26)(H,25,27). The van der Waals surface area contributed by atoms with Crippen LogP contribution in [0.2, 0.25) is 5.02 Å². The Morgan fingerprint density at radius 1 is 1.17 bits per heavy atom. The molecule has 2 aromatic rings. The van der Waals surface area contributed by atoms with E-state index in [0.29, 0.717) is 12.1 Å². The summed E-state index contributed by atoms with van der Waals surface area (Å²) in [4.78, 5) is 23.8. The predicted octanol–water partition coefficient (Wildman–Crippen LogP) is 3.45. The highest BCUT2D eigenvalue weighted by molar-refractivity contribution is 6.32. The van der Waals surface area contributed by atoms with Crippen LogP contribution in [0.4, 0.5) is 0 Å². The van der Waals surface area contributed by atoms with E-state index in [4.69, 9.17) is 26.8 Å². The highest BCUT2D eigenvalue weighted by Crippen LogP contribution is 2.41. The smallest absolute Gasteiger partial charge is 0.255 e. The Morgan fingerprint density at radius 3 is 2.48 bits per heavy atom. The number of carbonyl (C=O) groups excluding carboxylic acids is 2. The van der Waals surface area contributed by atoms with Gasteiger partial charge in [0.15, 0.2) is 18.1 Å². The molecule has 0 heterocycles. The summed E-state index contributed by atoms with van der Waals surface area (Å²) in [7, 11) is 1.44. The SMILES string of the molecule is COc1cc(C(=O)NCC2(c3ccccc3)CCCC2)cc(Cl)c1OCC(N)=O. The van der Waals surface area contributed by atoms with Crippen molar-refractivity contribution in [2.45, 2.75) is 31.1 Å². The van der Waals surface area contributed by atoms with Gasteiger partial charge in [-0.2, -0.15) is 0 Å². The number of methoxy groups -OCH3 is 1. The second-order valence-electron chi connectivity index (χ2n) is 7.28. The van der Waals surface area contributed by atoms with E-state index in [-0.39, 0.29) is 34.5 Å². The summed E-state index contributed by atoms with van der Waals surface area (Å²) in [6, 6.07) is 13.4. The average molecular weight is 417 g/mol. The lowest BCUT2D eigenvalue weighted by atomic mass is 9.79. The van der Waals surface area contributed by atoms with Gasteiger partial charge in [-0.1, -0.05) is 54.8 Å². The summed E-state index contributed by atoms with van der Waals surface area (Å²) in [5.74, 6) is -0.426. The van der Waals surface area contributed by atoms with Gasteiger partial charge in [0.1, 0.15) is 0 Å². The first-order valence-corrected chi connectivity index (χ1v) is 9.95. The Labute approximate surface area is 175 Å². The third-order valence-corrected chi connectivity index (χ3v) is 5.67. The number of carbonyl (C=O) groups is 2. The lowest BCUT2D eigenvalue weighted by Gasteiger charge is -2.30. The van der Waals surface area contributed by atoms with Crippen molar-refractivity contribution in [1.29, 1.82) is 0 Å². The van der Waals surface area contributed by atoms with E-state index in [1.54, 1.807) is 6.07 Å². The van der Waals surface area contributed by atoms with Crippen LogP contribution < -0.4 is 20.5 Å². The van der Waals surface area contributed by atoms with E-state index < -0.39 is 5.91 Å². The lowest BCUT2D eigenvalue weighted by molar-refractivity contribution is -0.119. The van der Waals surface area contributed by atoms with Crippen molar-refractivity contribution in [2.75, 3.05) is 20.3 Å². The van der Waals surface area contributed by atoms with Crippen molar-refractivity contribution in [3.8, 4) is 11.5 Å². The summed E-state index contributed by atoms with van der Waals surface area (Å²) in [5, 5.41) is 3.24. The molecule has 3 N–H and O–H groups in total. The monoisotopic (exact) mass is 416 g/mol. The van der Waals surface area contributed by atoms with Crippen LogP contribution in [0.1, 0.15) is 41.6 Å². The number of ether oxygens (including phenoxy) is 2. The number of halogens is 1. The fourth-order valence-corrected chi connectivity index (χ4v) is 4.16. The highest BCUT2D eigenvalue weighted by Gasteiger charge is 2.35. The van der Waals surface area contributed by atoms with Gasteiger partial charge in [0.2, 0.25) is 0 Å². The summed E-state index contributed by atoms with van der Waals surface area (Å²) >= 11 is 6.25. The summed E-state index contributed by atoms with van der Waals surface area (Å²) in [5.41, 5.74) is 6.68. The van der Waals surface area contributed by atoms with Gasteiger partial charge in [-0.25, -0.2) is 0 Å². The average Bonchev–Trinajstić information content (AvgIpc) is 3.21. The third kappa shape index (κ3) is 4.82. The van der Waals surface area contributed by atoms with E-state index in [9.17, 15) is 9.59 Å². The number of primary amides is 1.